The van der Waals surface area contributed by atoms with E-state index in [1.165, 1.54) is 43.5 Å². The SMILES string of the molecule is CC(=O)O/N=C/c1ccc(OC(=O)c2cccc([N+](=O)[O-])c2)cc1. The van der Waals surface area contributed by atoms with E-state index >= 15 is 0 Å². The minimum absolute atomic E-state index is 0.0738. The lowest BCUT2D eigenvalue weighted by atomic mass is 10.2. The van der Waals surface area contributed by atoms with Crippen LogP contribution in [-0.4, -0.2) is 23.1 Å². The molecule has 0 saturated heterocycles. The van der Waals surface area contributed by atoms with Gasteiger partial charge in [-0.3, -0.25) is 10.1 Å². The van der Waals surface area contributed by atoms with E-state index in [0.717, 1.165) is 6.07 Å². The normalized spacial score (nSPS) is 10.4. The number of hydrogen-bond acceptors (Lipinski definition) is 7. The molecule has 0 spiro atoms. The molecular formula is C16H12N2O6. The van der Waals surface area contributed by atoms with Crippen molar-refractivity contribution < 1.29 is 24.1 Å². The number of nitro benzene ring substituents is 1. The minimum atomic E-state index is -0.708. The van der Waals surface area contributed by atoms with Crippen LogP contribution in [0, 0.1) is 10.1 Å². The van der Waals surface area contributed by atoms with Crippen molar-refractivity contribution in [3.63, 3.8) is 0 Å². The molecule has 0 saturated carbocycles. The van der Waals surface area contributed by atoms with E-state index in [4.69, 9.17) is 4.74 Å². The summed E-state index contributed by atoms with van der Waals surface area (Å²) in [5.74, 6) is -0.982. The highest BCUT2D eigenvalue weighted by molar-refractivity contribution is 5.91. The van der Waals surface area contributed by atoms with E-state index in [1.54, 1.807) is 12.1 Å². The molecule has 0 fully saturated rings. The number of rotatable bonds is 5. The molecule has 0 radical (unpaired) electrons. The van der Waals surface area contributed by atoms with Crippen LogP contribution in [0.4, 0.5) is 5.69 Å². The fourth-order valence-electron chi connectivity index (χ4n) is 1.70. The molecule has 0 unspecified atom stereocenters. The van der Waals surface area contributed by atoms with Crippen LogP contribution in [0.2, 0.25) is 0 Å². The van der Waals surface area contributed by atoms with Crippen molar-refractivity contribution in [2.75, 3.05) is 0 Å². The van der Waals surface area contributed by atoms with Crippen LogP contribution in [0.3, 0.4) is 0 Å². The molecule has 8 nitrogen and oxygen atoms in total. The number of oxime groups is 1. The number of carbonyl (C=O) groups is 2. The molecular weight excluding hydrogens is 316 g/mol. The van der Waals surface area contributed by atoms with Gasteiger partial charge >= 0.3 is 11.9 Å². The number of esters is 1. The third-order valence-electron chi connectivity index (χ3n) is 2.77. The van der Waals surface area contributed by atoms with E-state index < -0.39 is 16.9 Å². The molecule has 122 valence electrons. The molecule has 0 atom stereocenters. The molecule has 0 amide bonds. The first-order valence-corrected chi connectivity index (χ1v) is 6.73. The lowest BCUT2D eigenvalue weighted by molar-refractivity contribution is -0.384. The van der Waals surface area contributed by atoms with Crippen molar-refractivity contribution in [2.24, 2.45) is 5.16 Å². The number of nitrogens with zero attached hydrogens (tertiary/aromatic N) is 2. The van der Waals surface area contributed by atoms with Crippen molar-refractivity contribution in [1.29, 1.82) is 0 Å². The highest BCUT2D eigenvalue weighted by Crippen LogP contribution is 2.17. The van der Waals surface area contributed by atoms with Crippen LogP contribution in [0.15, 0.2) is 53.7 Å². The van der Waals surface area contributed by atoms with Crippen molar-refractivity contribution in [3.8, 4) is 5.75 Å². The second kappa shape index (κ2) is 7.63. The highest BCUT2D eigenvalue weighted by Gasteiger charge is 2.13. The maximum Gasteiger partial charge on any atom is 0.343 e. The predicted octanol–water partition coefficient (Wildman–Crippen LogP) is 2.71. The molecule has 2 aromatic rings. The summed E-state index contributed by atoms with van der Waals surface area (Å²) in [7, 11) is 0. The fourth-order valence-corrected chi connectivity index (χ4v) is 1.70. The molecule has 0 aliphatic carbocycles. The molecule has 2 rings (SSSR count). The van der Waals surface area contributed by atoms with E-state index in [1.807, 2.05) is 0 Å². The number of non-ortho nitro benzene ring substituents is 1. The summed E-state index contributed by atoms with van der Waals surface area (Å²) in [6.07, 6.45) is 1.33. The molecule has 8 heteroatoms. The molecule has 0 bridgehead atoms. The lowest BCUT2D eigenvalue weighted by Crippen LogP contribution is -2.08. The molecule has 0 aromatic heterocycles. The zero-order valence-corrected chi connectivity index (χ0v) is 12.5. The Labute approximate surface area is 136 Å². The summed E-state index contributed by atoms with van der Waals surface area (Å²) < 4.78 is 5.14. The summed E-state index contributed by atoms with van der Waals surface area (Å²) in [6, 6.07) is 11.5. The van der Waals surface area contributed by atoms with Gasteiger partial charge in [0.25, 0.3) is 5.69 Å². The third kappa shape index (κ3) is 4.73. The van der Waals surface area contributed by atoms with Gasteiger partial charge in [0.05, 0.1) is 16.7 Å². The number of hydrogen-bond donors (Lipinski definition) is 0. The summed E-state index contributed by atoms with van der Waals surface area (Å²) >= 11 is 0. The topological polar surface area (TPSA) is 108 Å². The summed E-state index contributed by atoms with van der Waals surface area (Å²) in [5, 5.41) is 14.2. The molecule has 0 heterocycles. The van der Waals surface area contributed by atoms with Gasteiger partial charge in [0.2, 0.25) is 0 Å². The van der Waals surface area contributed by atoms with E-state index in [9.17, 15) is 19.7 Å². The van der Waals surface area contributed by atoms with Crippen molar-refractivity contribution in [3.05, 3.63) is 69.8 Å². The third-order valence-corrected chi connectivity index (χ3v) is 2.77. The van der Waals surface area contributed by atoms with E-state index in [2.05, 4.69) is 9.99 Å². The fraction of sp³-hybridized carbons (Fsp3) is 0.0625. The van der Waals surface area contributed by atoms with Gasteiger partial charge in [0, 0.05) is 19.1 Å². The van der Waals surface area contributed by atoms with Crippen molar-refractivity contribution in [2.45, 2.75) is 6.92 Å². The smallest absolute Gasteiger partial charge is 0.343 e. The monoisotopic (exact) mass is 328 g/mol. The van der Waals surface area contributed by atoms with Gasteiger partial charge in [-0.05, 0) is 35.9 Å². The van der Waals surface area contributed by atoms with Gasteiger partial charge in [0.1, 0.15) is 5.75 Å². The van der Waals surface area contributed by atoms with Gasteiger partial charge in [0.15, 0.2) is 0 Å². The van der Waals surface area contributed by atoms with Crippen LogP contribution in [0.5, 0.6) is 5.75 Å². The van der Waals surface area contributed by atoms with Crippen LogP contribution >= 0.6 is 0 Å². The first kappa shape index (κ1) is 16.8. The van der Waals surface area contributed by atoms with Gasteiger partial charge in [-0.15, -0.1) is 0 Å². The average molecular weight is 328 g/mol. The van der Waals surface area contributed by atoms with Crippen molar-refractivity contribution in [1.82, 2.24) is 0 Å². The number of nitro groups is 1. The van der Waals surface area contributed by atoms with Gasteiger partial charge in [-0.25, -0.2) is 9.59 Å². The van der Waals surface area contributed by atoms with Gasteiger partial charge < -0.3 is 9.57 Å². The molecule has 2 aromatic carbocycles. The number of carbonyl (C=O) groups excluding carboxylic acids is 2. The summed E-state index contributed by atoms with van der Waals surface area (Å²) in [6.45, 7) is 1.23. The molecule has 0 aliphatic heterocycles. The predicted molar refractivity (Wildman–Crippen MR) is 83.9 cm³/mol. The average Bonchev–Trinajstić information content (AvgIpc) is 2.56. The van der Waals surface area contributed by atoms with Gasteiger partial charge in [-0.1, -0.05) is 11.2 Å². The Bertz CT molecular complexity index is 798. The largest absolute Gasteiger partial charge is 0.423 e. The minimum Gasteiger partial charge on any atom is -0.423 e. The molecule has 24 heavy (non-hydrogen) atoms. The Morgan fingerprint density at radius 2 is 1.88 bits per heavy atom. The maximum absolute atomic E-state index is 12.0. The Morgan fingerprint density at radius 3 is 2.50 bits per heavy atom. The van der Waals surface area contributed by atoms with Gasteiger partial charge in [-0.2, -0.15) is 0 Å². The Hall–Kier alpha value is -3.55. The number of benzene rings is 2. The summed E-state index contributed by atoms with van der Waals surface area (Å²) in [5.41, 5.74) is 0.512. The Morgan fingerprint density at radius 1 is 1.17 bits per heavy atom. The highest BCUT2D eigenvalue weighted by atomic mass is 16.7. The second-order valence-corrected chi connectivity index (χ2v) is 4.58. The van der Waals surface area contributed by atoms with Crippen LogP contribution in [0.25, 0.3) is 0 Å². The molecule has 0 aliphatic rings. The zero-order valence-electron chi connectivity index (χ0n) is 12.5. The van der Waals surface area contributed by atoms with Crippen LogP contribution in [0.1, 0.15) is 22.8 Å². The van der Waals surface area contributed by atoms with Crippen LogP contribution in [-0.2, 0) is 9.63 Å². The Balaban J connectivity index is 2.04. The first-order valence-electron chi connectivity index (χ1n) is 6.73. The van der Waals surface area contributed by atoms with E-state index in [-0.39, 0.29) is 17.0 Å². The zero-order chi connectivity index (χ0) is 17.5. The van der Waals surface area contributed by atoms with Crippen molar-refractivity contribution >= 4 is 23.8 Å². The standard InChI is InChI=1S/C16H12N2O6/c1-11(19)24-17-10-12-5-7-15(8-6-12)23-16(20)13-3-2-4-14(9-13)18(21)22/h2-10H,1H3/b17-10+. The lowest BCUT2D eigenvalue weighted by Gasteiger charge is -2.04. The second-order valence-electron chi connectivity index (χ2n) is 4.58. The number of ether oxygens (including phenoxy) is 1. The van der Waals surface area contributed by atoms with E-state index in [0.29, 0.717) is 5.56 Å². The molecule has 0 N–H and O–H groups in total. The quantitative estimate of drug-likeness (QED) is 0.208. The maximum atomic E-state index is 12.0. The van der Waals surface area contributed by atoms with Crippen LogP contribution < -0.4 is 4.74 Å². The Kier molecular flexibility index (Phi) is 5.35. The summed E-state index contributed by atoms with van der Waals surface area (Å²) in [4.78, 5) is 37.1. The first-order chi connectivity index (χ1) is 11.5.